The van der Waals surface area contributed by atoms with Gasteiger partial charge in [-0.1, -0.05) is 30.3 Å². The summed E-state index contributed by atoms with van der Waals surface area (Å²) in [6, 6.07) is 9.04. The first-order valence-electron chi connectivity index (χ1n) is 9.07. The molecule has 5 rings (SSSR count). The number of primary amides is 1. The SMILES string of the molecule is NC(=O)C(OC(=O)CC12CC3CC(CC(C3)C1)C2)c1ccccc1. The summed E-state index contributed by atoms with van der Waals surface area (Å²) in [6.45, 7) is 0. The first-order valence-corrected chi connectivity index (χ1v) is 9.07. The maximum Gasteiger partial charge on any atom is 0.307 e. The van der Waals surface area contributed by atoms with E-state index in [1.807, 2.05) is 18.2 Å². The summed E-state index contributed by atoms with van der Waals surface area (Å²) in [5.41, 5.74) is 6.22. The van der Waals surface area contributed by atoms with Gasteiger partial charge in [0.25, 0.3) is 5.91 Å². The van der Waals surface area contributed by atoms with E-state index in [1.165, 1.54) is 19.3 Å². The Kier molecular flexibility index (Phi) is 3.86. The number of rotatable bonds is 5. The molecule has 1 amide bonds. The minimum Gasteiger partial charge on any atom is -0.447 e. The van der Waals surface area contributed by atoms with Gasteiger partial charge in [-0.15, -0.1) is 0 Å². The molecule has 4 aliphatic carbocycles. The molecule has 0 radical (unpaired) electrons. The van der Waals surface area contributed by atoms with Crippen LogP contribution in [-0.4, -0.2) is 11.9 Å². The molecule has 4 heteroatoms. The van der Waals surface area contributed by atoms with Crippen molar-refractivity contribution in [3.63, 3.8) is 0 Å². The van der Waals surface area contributed by atoms with Gasteiger partial charge in [-0.2, -0.15) is 0 Å². The lowest BCUT2D eigenvalue weighted by Crippen LogP contribution is -2.47. The Labute approximate surface area is 142 Å². The lowest BCUT2D eigenvalue weighted by molar-refractivity contribution is -0.162. The average Bonchev–Trinajstić information content (AvgIpc) is 2.51. The summed E-state index contributed by atoms with van der Waals surface area (Å²) in [5, 5.41) is 0. The molecule has 0 spiro atoms. The van der Waals surface area contributed by atoms with Crippen LogP contribution < -0.4 is 5.73 Å². The first-order chi connectivity index (χ1) is 11.5. The van der Waals surface area contributed by atoms with Crippen LogP contribution in [0.1, 0.15) is 56.6 Å². The van der Waals surface area contributed by atoms with Crippen molar-refractivity contribution in [1.29, 1.82) is 0 Å². The van der Waals surface area contributed by atoms with Crippen LogP contribution in [0.25, 0.3) is 0 Å². The van der Waals surface area contributed by atoms with Gasteiger partial charge in [0, 0.05) is 5.56 Å². The molecular formula is C20H25NO3. The second-order valence-corrected chi connectivity index (χ2v) is 8.28. The number of hydrogen-bond acceptors (Lipinski definition) is 3. The van der Waals surface area contributed by atoms with Crippen molar-refractivity contribution in [3.05, 3.63) is 35.9 Å². The number of carbonyl (C=O) groups excluding carboxylic acids is 2. The Bertz CT molecular complexity index is 604. The molecule has 24 heavy (non-hydrogen) atoms. The summed E-state index contributed by atoms with van der Waals surface area (Å²) in [7, 11) is 0. The zero-order valence-electron chi connectivity index (χ0n) is 13.9. The third kappa shape index (κ3) is 2.94. The zero-order valence-corrected chi connectivity index (χ0v) is 13.9. The molecule has 4 saturated carbocycles. The molecule has 1 aromatic rings. The van der Waals surface area contributed by atoms with Gasteiger partial charge in [0.1, 0.15) is 0 Å². The minimum atomic E-state index is -0.979. The van der Waals surface area contributed by atoms with E-state index in [9.17, 15) is 9.59 Å². The number of esters is 1. The molecule has 4 fully saturated rings. The first kappa shape index (κ1) is 15.7. The highest BCUT2D eigenvalue weighted by Gasteiger charge is 2.51. The molecule has 1 unspecified atom stereocenters. The standard InChI is InChI=1S/C20H25NO3/c21-19(23)18(16-4-2-1-3-5-16)24-17(22)12-20-9-13-6-14(10-20)8-15(7-13)11-20/h1-5,13-15,18H,6-12H2,(H2,21,23). The maximum atomic E-state index is 12.6. The number of benzene rings is 1. The molecule has 1 aromatic carbocycles. The fourth-order valence-corrected chi connectivity index (χ4v) is 5.90. The van der Waals surface area contributed by atoms with Crippen LogP contribution in [-0.2, 0) is 14.3 Å². The smallest absolute Gasteiger partial charge is 0.307 e. The molecular weight excluding hydrogens is 302 g/mol. The molecule has 0 saturated heterocycles. The van der Waals surface area contributed by atoms with Crippen molar-refractivity contribution in [2.75, 3.05) is 0 Å². The summed E-state index contributed by atoms with van der Waals surface area (Å²) in [6.07, 6.45) is 6.97. The quantitative estimate of drug-likeness (QED) is 0.843. The van der Waals surface area contributed by atoms with Crippen molar-refractivity contribution in [2.24, 2.45) is 28.9 Å². The molecule has 0 heterocycles. The second kappa shape index (κ2) is 5.91. The van der Waals surface area contributed by atoms with E-state index in [-0.39, 0.29) is 11.4 Å². The summed E-state index contributed by atoms with van der Waals surface area (Å²) in [4.78, 5) is 24.3. The summed E-state index contributed by atoms with van der Waals surface area (Å²) >= 11 is 0. The Morgan fingerprint density at radius 1 is 1.04 bits per heavy atom. The topological polar surface area (TPSA) is 69.4 Å². The van der Waals surface area contributed by atoms with Crippen molar-refractivity contribution in [2.45, 2.75) is 51.0 Å². The normalized spacial score (nSPS) is 34.8. The van der Waals surface area contributed by atoms with Gasteiger partial charge in [-0.25, -0.2) is 0 Å². The molecule has 128 valence electrons. The monoisotopic (exact) mass is 327 g/mol. The second-order valence-electron chi connectivity index (χ2n) is 8.28. The van der Waals surface area contributed by atoms with Gasteiger partial charge in [0.05, 0.1) is 6.42 Å². The largest absolute Gasteiger partial charge is 0.447 e. The van der Waals surface area contributed by atoms with Crippen LogP contribution >= 0.6 is 0 Å². The van der Waals surface area contributed by atoms with E-state index < -0.39 is 12.0 Å². The molecule has 0 aromatic heterocycles. The lowest BCUT2D eigenvalue weighted by Gasteiger charge is -2.56. The van der Waals surface area contributed by atoms with Crippen LogP contribution in [0.4, 0.5) is 0 Å². The van der Waals surface area contributed by atoms with Gasteiger partial charge in [0.2, 0.25) is 6.10 Å². The fraction of sp³-hybridized carbons (Fsp3) is 0.600. The highest BCUT2D eigenvalue weighted by molar-refractivity contribution is 5.83. The zero-order chi connectivity index (χ0) is 16.7. The summed E-state index contributed by atoms with van der Waals surface area (Å²) < 4.78 is 5.52. The number of carbonyl (C=O) groups is 2. The maximum absolute atomic E-state index is 12.6. The molecule has 4 aliphatic rings. The van der Waals surface area contributed by atoms with Crippen molar-refractivity contribution in [3.8, 4) is 0 Å². The minimum absolute atomic E-state index is 0.116. The Morgan fingerprint density at radius 3 is 2.08 bits per heavy atom. The van der Waals surface area contributed by atoms with Crippen LogP contribution in [0.5, 0.6) is 0 Å². The van der Waals surface area contributed by atoms with E-state index >= 15 is 0 Å². The highest BCUT2D eigenvalue weighted by atomic mass is 16.5. The van der Waals surface area contributed by atoms with E-state index in [1.54, 1.807) is 12.1 Å². The van der Waals surface area contributed by atoms with Gasteiger partial charge < -0.3 is 10.5 Å². The molecule has 4 bridgehead atoms. The van der Waals surface area contributed by atoms with Crippen LogP contribution in [0.3, 0.4) is 0 Å². The van der Waals surface area contributed by atoms with Gasteiger partial charge in [-0.05, 0) is 61.7 Å². The lowest BCUT2D eigenvalue weighted by atomic mass is 9.49. The summed E-state index contributed by atoms with van der Waals surface area (Å²) in [5.74, 6) is 1.50. The molecule has 2 N–H and O–H groups in total. The number of ether oxygens (including phenoxy) is 1. The predicted molar refractivity (Wildman–Crippen MR) is 89.7 cm³/mol. The van der Waals surface area contributed by atoms with E-state index in [2.05, 4.69) is 0 Å². The van der Waals surface area contributed by atoms with Gasteiger partial charge in [-0.3, -0.25) is 9.59 Å². The molecule has 0 aliphatic heterocycles. The van der Waals surface area contributed by atoms with Crippen molar-refractivity contribution in [1.82, 2.24) is 0 Å². The molecule has 4 nitrogen and oxygen atoms in total. The highest BCUT2D eigenvalue weighted by Crippen LogP contribution is 2.61. The van der Waals surface area contributed by atoms with Gasteiger partial charge >= 0.3 is 5.97 Å². The van der Waals surface area contributed by atoms with Gasteiger partial charge in [0.15, 0.2) is 0 Å². The predicted octanol–water partition coefficient (Wildman–Crippen LogP) is 3.36. The Hall–Kier alpha value is -1.84. The fourth-order valence-electron chi connectivity index (χ4n) is 5.90. The van der Waals surface area contributed by atoms with E-state index in [4.69, 9.17) is 10.5 Å². The average molecular weight is 327 g/mol. The number of amides is 1. The van der Waals surface area contributed by atoms with Crippen molar-refractivity contribution >= 4 is 11.9 Å². The van der Waals surface area contributed by atoms with E-state index in [0.29, 0.717) is 12.0 Å². The Balaban J connectivity index is 1.45. The van der Waals surface area contributed by atoms with Crippen LogP contribution in [0, 0.1) is 23.2 Å². The number of nitrogens with two attached hydrogens (primary N) is 1. The van der Waals surface area contributed by atoms with Crippen LogP contribution in [0.2, 0.25) is 0 Å². The molecule has 1 atom stereocenters. The number of hydrogen-bond donors (Lipinski definition) is 1. The third-order valence-electron chi connectivity index (χ3n) is 6.29. The third-order valence-corrected chi connectivity index (χ3v) is 6.29. The van der Waals surface area contributed by atoms with Crippen LogP contribution in [0.15, 0.2) is 30.3 Å². The van der Waals surface area contributed by atoms with E-state index in [0.717, 1.165) is 37.0 Å². The Morgan fingerprint density at radius 2 is 1.58 bits per heavy atom. The van der Waals surface area contributed by atoms with Crippen molar-refractivity contribution < 1.29 is 14.3 Å².